The number of rotatable bonds is 8. The number of likely N-dealkylation sites (tertiary alicyclic amines) is 1. The zero-order valence-corrected chi connectivity index (χ0v) is 18.2. The van der Waals surface area contributed by atoms with Gasteiger partial charge in [-0.2, -0.15) is 0 Å². The van der Waals surface area contributed by atoms with Crippen LogP contribution in [0.25, 0.3) is 0 Å². The first-order valence-electron chi connectivity index (χ1n) is 11.4. The maximum Gasteiger partial charge on any atom is 0.262 e. The summed E-state index contributed by atoms with van der Waals surface area (Å²) in [5.41, 5.74) is 6.14. The van der Waals surface area contributed by atoms with Crippen molar-refractivity contribution >= 4 is 23.6 Å². The summed E-state index contributed by atoms with van der Waals surface area (Å²) in [6.07, 6.45) is 4.61. The zero-order chi connectivity index (χ0) is 22.7. The molecule has 0 spiro atoms. The number of benzene rings is 1. The molecule has 4 rings (SSSR count). The Hall–Kier alpha value is -2.78. The fourth-order valence-electron chi connectivity index (χ4n) is 4.75. The van der Waals surface area contributed by atoms with Gasteiger partial charge >= 0.3 is 0 Å². The van der Waals surface area contributed by atoms with Crippen LogP contribution in [0, 0.1) is 5.92 Å². The number of imide groups is 2. The van der Waals surface area contributed by atoms with Crippen LogP contribution < -0.4 is 15.8 Å². The van der Waals surface area contributed by atoms with E-state index >= 15 is 0 Å². The highest BCUT2D eigenvalue weighted by molar-refractivity contribution is 6.23. The molecular weight excluding hydrogens is 412 g/mol. The Morgan fingerprint density at radius 1 is 1.03 bits per heavy atom. The third-order valence-electron chi connectivity index (χ3n) is 6.58. The van der Waals surface area contributed by atoms with Crippen LogP contribution in [0.5, 0.6) is 5.75 Å². The van der Waals surface area contributed by atoms with E-state index in [1.165, 1.54) is 12.8 Å². The van der Waals surface area contributed by atoms with Crippen LogP contribution >= 0.6 is 0 Å². The number of nitrogens with zero attached hydrogens (tertiary/aromatic N) is 2. The van der Waals surface area contributed by atoms with Crippen molar-refractivity contribution in [3.63, 3.8) is 0 Å². The number of nitrogens with one attached hydrogen (secondary N) is 1. The third kappa shape index (κ3) is 4.68. The molecule has 2 fully saturated rings. The van der Waals surface area contributed by atoms with E-state index in [4.69, 9.17) is 10.5 Å². The fourth-order valence-corrected chi connectivity index (χ4v) is 4.75. The lowest BCUT2D eigenvalue weighted by molar-refractivity contribution is -0.136. The van der Waals surface area contributed by atoms with Crippen molar-refractivity contribution in [2.24, 2.45) is 11.7 Å². The third-order valence-corrected chi connectivity index (χ3v) is 6.58. The molecule has 0 aromatic heterocycles. The first kappa shape index (κ1) is 22.4. The molecule has 0 radical (unpaired) electrons. The molecule has 0 aliphatic carbocycles. The molecule has 172 valence electrons. The van der Waals surface area contributed by atoms with Crippen molar-refractivity contribution in [1.29, 1.82) is 0 Å². The van der Waals surface area contributed by atoms with E-state index in [0.29, 0.717) is 12.4 Å². The number of hydrogen-bond donors (Lipinski definition) is 2. The summed E-state index contributed by atoms with van der Waals surface area (Å²) >= 11 is 0. The van der Waals surface area contributed by atoms with E-state index in [2.05, 4.69) is 10.2 Å². The molecule has 3 aliphatic heterocycles. The highest BCUT2D eigenvalue weighted by atomic mass is 16.5. The summed E-state index contributed by atoms with van der Waals surface area (Å²) in [4.78, 5) is 52.5. The lowest BCUT2D eigenvalue weighted by Crippen LogP contribution is -2.54. The Bertz CT molecular complexity index is 910. The van der Waals surface area contributed by atoms with Gasteiger partial charge in [0.1, 0.15) is 11.8 Å². The van der Waals surface area contributed by atoms with Crippen molar-refractivity contribution in [2.75, 3.05) is 32.8 Å². The molecule has 1 aromatic rings. The van der Waals surface area contributed by atoms with E-state index in [1.807, 2.05) is 0 Å². The van der Waals surface area contributed by atoms with E-state index in [1.54, 1.807) is 18.2 Å². The molecule has 1 unspecified atom stereocenters. The molecule has 1 atom stereocenters. The number of hydrogen-bond acceptors (Lipinski definition) is 7. The molecule has 0 bridgehead atoms. The molecule has 0 saturated carbocycles. The predicted octanol–water partition coefficient (Wildman–Crippen LogP) is 0.918. The van der Waals surface area contributed by atoms with Crippen LogP contribution in [0.15, 0.2) is 18.2 Å². The largest absolute Gasteiger partial charge is 0.494 e. The SMILES string of the molecule is NCCC1CCN(CCCOc2ccc3c(c2)C(=O)N(C2CCC(=O)NC2=O)C3=O)CC1. The van der Waals surface area contributed by atoms with Gasteiger partial charge in [0.2, 0.25) is 11.8 Å². The topological polar surface area (TPSA) is 122 Å². The normalized spacial score (nSPS) is 22.3. The summed E-state index contributed by atoms with van der Waals surface area (Å²) in [6, 6.07) is 3.85. The van der Waals surface area contributed by atoms with Crippen molar-refractivity contribution in [1.82, 2.24) is 15.1 Å². The van der Waals surface area contributed by atoms with Crippen molar-refractivity contribution in [3.05, 3.63) is 29.3 Å². The minimum Gasteiger partial charge on any atom is -0.494 e. The summed E-state index contributed by atoms with van der Waals surface area (Å²) in [5, 5.41) is 2.20. The van der Waals surface area contributed by atoms with Crippen LogP contribution in [0.2, 0.25) is 0 Å². The molecule has 2 saturated heterocycles. The standard InChI is InChI=1S/C23H30N4O5/c24-9-6-15-7-11-26(12-8-15)10-1-13-32-16-2-3-17-18(14-16)23(31)27(22(17)30)19-4-5-20(28)25-21(19)29/h2-3,14-15,19H,1,4-13,24H2,(H,25,28,29). The second-order valence-electron chi connectivity index (χ2n) is 8.72. The summed E-state index contributed by atoms with van der Waals surface area (Å²) in [6.45, 7) is 4.42. The van der Waals surface area contributed by atoms with Crippen molar-refractivity contribution in [2.45, 2.75) is 44.6 Å². The van der Waals surface area contributed by atoms with Crippen molar-refractivity contribution < 1.29 is 23.9 Å². The lowest BCUT2D eigenvalue weighted by Gasteiger charge is -2.31. The minimum absolute atomic E-state index is 0.100. The van der Waals surface area contributed by atoms with Crippen LogP contribution in [0.4, 0.5) is 0 Å². The van der Waals surface area contributed by atoms with E-state index in [9.17, 15) is 19.2 Å². The second-order valence-corrected chi connectivity index (χ2v) is 8.72. The summed E-state index contributed by atoms with van der Waals surface area (Å²) < 4.78 is 5.83. The molecule has 9 nitrogen and oxygen atoms in total. The van der Waals surface area contributed by atoms with Gasteiger partial charge in [0.05, 0.1) is 17.7 Å². The highest BCUT2D eigenvalue weighted by Gasteiger charge is 2.44. The van der Waals surface area contributed by atoms with Gasteiger partial charge in [0, 0.05) is 13.0 Å². The molecular formula is C23H30N4O5. The number of carbonyl (C=O) groups is 4. The van der Waals surface area contributed by atoms with Gasteiger partial charge < -0.3 is 15.4 Å². The molecule has 4 amide bonds. The Morgan fingerprint density at radius 2 is 1.78 bits per heavy atom. The number of piperidine rings is 2. The smallest absolute Gasteiger partial charge is 0.262 e. The fraction of sp³-hybridized carbons (Fsp3) is 0.565. The Morgan fingerprint density at radius 3 is 2.50 bits per heavy atom. The van der Waals surface area contributed by atoms with Crippen molar-refractivity contribution in [3.8, 4) is 5.75 Å². The second kappa shape index (κ2) is 9.79. The average Bonchev–Trinajstić information content (AvgIpc) is 3.02. The number of ether oxygens (including phenoxy) is 1. The van der Waals surface area contributed by atoms with Gasteiger partial charge in [-0.05, 0) is 75.9 Å². The molecule has 3 N–H and O–H groups in total. The van der Waals surface area contributed by atoms with Gasteiger partial charge in [-0.25, -0.2) is 0 Å². The average molecular weight is 443 g/mol. The first-order valence-corrected chi connectivity index (χ1v) is 11.4. The Labute approximate surface area is 187 Å². The molecule has 3 heterocycles. The quantitative estimate of drug-likeness (QED) is 0.453. The Kier molecular flexibility index (Phi) is 6.86. The van der Waals surface area contributed by atoms with Gasteiger partial charge in [-0.3, -0.25) is 29.4 Å². The zero-order valence-electron chi connectivity index (χ0n) is 18.2. The van der Waals surface area contributed by atoms with Gasteiger partial charge in [-0.15, -0.1) is 0 Å². The molecule has 3 aliphatic rings. The predicted molar refractivity (Wildman–Crippen MR) is 116 cm³/mol. The highest BCUT2D eigenvalue weighted by Crippen LogP contribution is 2.30. The summed E-state index contributed by atoms with van der Waals surface area (Å²) in [5.74, 6) is -0.761. The van der Waals surface area contributed by atoms with Crippen LogP contribution in [-0.4, -0.2) is 72.3 Å². The van der Waals surface area contributed by atoms with Gasteiger partial charge in [0.25, 0.3) is 11.8 Å². The summed E-state index contributed by atoms with van der Waals surface area (Å²) in [7, 11) is 0. The minimum atomic E-state index is -0.960. The van der Waals surface area contributed by atoms with E-state index in [0.717, 1.165) is 49.8 Å². The maximum atomic E-state index is 12.9. The molecule has 9 heteroatoms. The number of amides is 4. The van der Waals surface area contributed by atoms with Gasteiger partial charge in [0.15, 0.2) is 0 Å². The number of nitrogens with two attached hydrogens (primary N) is 1. The Balaban J connectivity index is 1.29. The number of carbonyl (C=O) groups excluding carboxylic acids is 4. The van der Waals surface area contributed by atoms with Crippen LogP contribution in [0.1, 0.15) is 59.2 Å². The molecule has 1 aromatic carbocycles. The van der Waals surface area contributed by atoms with E-state index < -0.39 is 29.7 Å². The van der Waals surface area contributed by atoms with E-state index in [-0.39, 0.29) is 24.0 Å². The molecule has 32 heavy (non-hydrogen) atoms. The van der Waals surface area contributed by atoms with Crippen LogP contribution in [0.3, 0.4) is 0 Å². The number of fused-ring (bicyclic) bond motifs is 1. The van der Waals surface area contributed by atoms with Gasteiger partial charge in [-0.1, -0.05) is 0 Å². The van der Waals surface area contributed by atoms with Crippen LogP contribution in [-0.2, 0) is 9.59 Å². The maximum absolute atomic E-state index is 12.9. The first-order chi connectivity index (χ1) is 15.5. The monoisotopic (exact) mass is 442 g/mol. The lowest BCUT2D eigenvalue weighted by atomic mass is 9.93.